The first-order valence-electron chi connectivity index (χ1n) is 4.87. The summed E-state index contributed by atoms with van der Waals surface area (Å²) in [6, 6.07) is 1.87. The zero-order valence-electron chi connectivity index (χ0n) is 9.61. The Hall–Kier alpha value is -1.21. The van der Waals surface area contributed by atoms with E-state index < -0.39 is 10.0 Å². The molecule has 1 rings (SSSR count). The molecule has 0 saturated carbocycles. The first-order chi connectivity index (χ1) is 7.37. The average Bonchev–Trinajstić information content (AvgIpc) is 2.09. The third-order valence-corrected chi connectivity index (χ3v) is 2.48. The van der Waals surface area contributed by atoms with Crippen LogP contribution in [0.2, 0.25) is 0 Å². The molecule has 0 spiro atoms. The summed E-state index contributed by atoms with van der Waals surface area (Å²) in [5.74, 6) is 0.521. The van der Waals surface area contributed by atoms with Crippen molar-refractivity contribution in [2.75, 3.05) is 24.7 Å². The first-order valence-corrected chi connectivity index (χ1v) is 6.77. The standard InChI is InChI=1S/C9H16N4O2S/c1-7-6-8(2)13-9(12-7)10-4-5-11-16(3,14)15/h6,11H,4-5H2,1-3H3,(H,10,12,13). The van der Waals surface area contributed by atoms with Crippen LogP contribution < -0.4 is 10.0 Å². The smallest absolute Gasteiger partial charge is 0.223 e. The van der Waals surface area contributed by atoms with E-state index in [1.165, 1.54) is 0 Å². The Morgan fingerprint density at radius 3 is 2.25 bits per heavy atom. The van der Waals surface area contributed by atoms with Gasteiger partial charge in [-0.2, -0.15) is 0 Å². The Kier molecular flexibility index (Phi) is 4.19. The molecule has 7 heteroatoms. The quantitative estimate of drug-likeness (QED) is 0.715. The van der Waals surface area contributed by atoms with Crippen LogP contribution in [0.3, 0.4) is 0 Å². The van der Waals surface area contributed by atoms with E-state index in [1.807, 2.05) is 19.9 Å². The first kappa shape index (κ1) is 12.9. The minimum Gasteiger partial charge on any atom is -0.353 e. The highest BCUT2D eigenvalue weighted by molar-refractivity contribution is 7.88. The molecule has 90 valence electrons. The summed E-state index contributed by atoms with van der Waals surface area (Å²) in [4.78, 5) is 8.34. The Labute approximate surface area is 95.6 Å². The normalized spacial score (nSPS) is 11.4. The molecule has 0 amide bonds. The number of nitrogens with zero attached hydrogens (tertiary/aromatic N) is 2. The maximum Gasteiger partial charge on any atom is 0.223 e. The van der Waals surface area contributed by atoms with E-state index in [9.17, 15) is 8.42 Å². The molecule has 16 heavy (non-hydrogen) atoms. The lowest BCUT2D eigenvalue weighted by Crippen LogP contribution is -2.28. The van der Waals surface area contributed by atoms with Crippen LogP contribution in [0.25, 0.3) is 0 Å². The van der Waals surface area contributed by atoms with Gasteiger partial charge in [0.25, 0.3) is 0 Å². The molecule has 0 aliphatic rings. The molecule has 0 aromatic carbocycles. The minimum atomic E-state index is -3.13. The van der Waals surface area contributed by atoms with Gasteiger partial charge in [0.15, 0.2) is 0 Å². The highest BCUT2D eigenvalue weighted by atomic mass is 32.2. The molecular formula is C9H16N4O2S. The Balaban J connectivity index is 2.43. The Morgan fingerprint density at radius 1 is 1.19 bits per heavy atom. The van der Waals surface area contributed by atoms with Crippen LogP contribution in [0.1, 0.15) is 11.4 Å². The van der Waals surface area contributed by atoms with Gasteiger partial charge >= 0.3 is 0 Å². The topological polar surface area (TPSA) is 84.0 Å². The molecule has 0 unspecified atom stereocenters. The maximum absolute atomic E-state index is 10.8. The van der Waals surface area contributed by atoms with Crippen LogP contribution in [0.5, 0.6) is 0 Å². The largest absolute Gasteiger partial charge is 0.353 e. The van der Waals surface area contributed by atoms with Crippen LogP contribution in [0.4, 0.5) is 5.95 Å². The molecular weight excluding hydrogens is 228 g/mol. The van der Waals surface area contributed by atoms with Gasteiger partial charge in [0.05, 0.1) is 6.26 Å². The molecule has 1 heterocycles. The van der Waals surface area contributed by atoms with E-state index in [4.69, 9.17) is 0 Å². The van der Waals surface area contributed by atoms with E-state index in [-0.39, 0.29) is 0 Å². The van der Waals surface area contributed by atoms with Crippen molar-refractivity contribution in [1.82, 2.24) is 14.7 Å². The van der Waals surface area contributed by atoms with Gasteiger partial charge in [-0.15, -0.1) is 0 Å². The minimum absolute atomic E-state index is 0.315. The summed E-state index contributed by atoms with van der Waals surface area (Å²) in [6.07, 6.45) is 1.13. The van der Waals surface area contributed by atoms with Crippen molar-refractivity contribution in [3.63, 3.8) is 0 Å². The number of rotatable bonds is 5. The van der Waals surface area contributed by atoms with E-state index in [0.29, 0.717) is 19.0 Å². The molecule has 0 fully saturated rings. The molecule has 2 N–H and O–H groups in total. The van der Waals surface area contributed by atoms with Gasteiger partial charge in [0, 0.05) is 24.5 Å². The lowest BCUT2D eigenvalue weighted by atomic mass is 10.4. The number of hydrogen-bond acceptors (Lipinski definition) is 5. The lowest BCUT2D eigenvalue weighted by Gasteiger charge is -2.06. The molecule has 0 aliphatic carbocycles. The summed E-state index contributed by atoms with van der Waals surface area (Å²) in [5, 5.41) is 2.95. The SMILES string of the molecule is Cc1cc(C)nc(NCCNS(C)(=O)=O)n1. The van der Waals surface area contributed by atoms with Crippen molar-refractivity contribution < 1.29 is 8.42 Å². The number of aromatic nitrogens is 2. The zero-order valence-corrected chi connectivity index (χ0v) is 10.4. The predicted octanol–water partition coefficient (Wildman–Crippen LogP) is 0.0545. The fourth-order valence-electron chi connectivity index (χ4n) is 1.22. The third-order valence-electron chi connectivity index (χ3n) is 1.75. The summed E-state index contributed by atoms with van der Waals surface area (Å²) in [5.41, 5.74) is 1.76. The molecule has 1 aromatic heterocycles. The van der Waals surface area contributed by atoms with Gasteiger partial charge in [-0.05, 0) is 19.9 Å². The number of aryl methyl sites for hydroxylation is 2. The van der Waals surface area contributed by atoms with Gasteiger partial charge in [0.2, 0.25) is 16.0 Å². The molecule has 0 radical (unpaired) electrons. The van der Waals surface area contributed by atoms with Crippen molar-refractivity contribution >= 4 is 16.0 Å². The molecule has 0 aliphatic heterocycles. The molecule has 0 atom stereocenters. The molecule has 6 nitrogen and oxygen atoms in total. The molecule has 0 saturated heterocycles. The fourth-order valence-corrected chi connectivity index (χ4v) is 1.69. The summed E-state index contributed by atoms with van der Waals surface area (Å²) >= 11 is 0. The van der Waals surface area contributed by atoms with Gasteiger partial charge in [0.1, 0.15) is 0 Å². The second-order valence-corrected chi connectivity index (χ2v) is 5.40. The molecule has 0 bridgehead atoms. The van der Waals surface area contributed by atoms with Crippen LogP contribution in [-0.2, 0) is 10.0 Å². The maximum atomic E-state index is 10.8. The third kappa shape index (κ3) is 5.04. The van der Waals surface area contributed by atoms with Gasteiger partial charge in [-0.1, -0.05) is 0 Å². The fraction of sp³-hybridized carbons (Fsp3) is 0.556. The van der Waals surface area contributed by atoms with E-state index in [1.54, 1.807) is 0 Å². The van der Waals surface area contributed by atoms with Crippen molar-refractivity contribution in [2.24, 2.45) is 0 Å². The van der Waals surface area contributed by atoms with Crippen LogP contribution in [-0.4, -0.2) is 37.7 Å². The summed E-state index contributed by atoms with van der Waals surface area (Å²) in [7, 11) is -3.13. The van der Waals surface area contributed by atoms with Crippen LogP contribution >= 0.6 is 0 Å². The van der Waals surface area contributed by atoms with E-state index in [0.717, 1.165) is 17.6 Å². The second-order valence-electron chi connectivity index (χ2n) is 3.57. The number of nitrogens with one attached hydrogen (secondary N) is 2. The van der Waals surface area contributed by atoms with Crippen molar-refractivity contribution in [1.29, 1.82) is 0 Å². The number of sulfonamides is 1. The van der Waals surface area contributed by atoms with Crippen molar-refractivity contribution in [3.05, 3.63) is 17.5 Å². The number of hydrogen-bond donors (Lipinski definition) is 2. The van der Waals surface area contributed by atoms with Crippen LogP contribution in [0, 0.1) is 13.8 Å². The number of anilines is 1. The van der Waals surface area contributed by atoms with Gasteiger partial charge in [-0.3, -0.25) is 0 Å². The lowest BCUT2D eigenvalue weighted by molar-refractivity contribution is 0.589. The van der Waals surface area contributed by atoms with E-state index >= 15 is 0 Å². The average molecular weight is 244 g/mol. The van der Waals surface area contributed by atoms with Crippen LogP contribution in [0.15, 0.2) is 6.07 Å². The van der Waals surface area contributed by atoms with Crippen molar-refractivity contribution in [3.8, 4) is 0 Å². The zero-order chi connectivity index (χ0) is 12.2. The molecule has 1 aromatic rings. The monoisotopic (exact) mass is 244 g/mol. The second kappa shape index (κ2) is 5.22. The Morgan fingerprint density at radius 2 is 1.75 bits per heavy atom. The summed E-state index contributed by atoms with van der Waals surface area (Å²) < 4.78 is 23.9. The summed E-state index contributed by atoms with van der Waals surface area (Å²) in [6.45, 7) is 4.54. The Bertz CT molecular complexity index is 438. The highest BCUT2D eigenvalue weighted by Crippen LogP contribution is 2.02. The predicted molar refractivity (Wildman–Crippen MR) is 62.8 cm³/mol. The van der Waals surface area contributed by atoms with Gasteiger partial charge < -0.3 is 5.32 Å². The van der Waals surface area contributed by atoms with E-state index in [2.05, 4.69) is 20.0 Å². The highest BCUT2D eigenvalue weighted by Gasteiger charge is 2.01. The van der Waals surface area contributed by atoms with Crippen molar-refractivity contribution in [2.45, 2.75) is 13.8 Å². The van der Waals surface area contributed by atoms with Gasteiger partial charge in [-0.25, -0.2) is 23.1 Å².